The molecule has 2 aromatic heterocycles. The lowest BCUT2D eigenvalue weighted by Crippen LogP contribution is -2.43. The number of halogens is 3. The van der Waals surface area contributed by atoms with Gasteiger partial charge in [0.25, 0.3) is 0 Å². The molecule has 4 aromatic rings. The molecule has 3 fully saturated rings. The SMILES string of the molecule is C#Cc1c(F)ccc2cc(O)cc(-c3nc4c5c(nc(OC[C@@]67CCCN6C[C@H](F)C7)nc5c3F)N(C)C3(CCO4)CC3)c12. The summed E-state index contributed by atoms with van der Waals surface area (Å²) in [6.45, 7) is 1.70. The summed E-state index contributed by atoms with van der Waals surface area (Å²) in [5.41, 5.74) is -0.885. The van der Waals surface area contributed by atoms with Crippen LogP contribution in [0.15, 0.2) is 24.3 Å². The van der Waals surface area contributed by atoms with Crippen molar-refractivity contribution in [3.63, 3.8) is 0 Å². The van der Waals surface area contributed by atoms with Gasteiger partial charge in [0.05, 0.1) is 17.7 Å². The summed E-state index contributed by atoms with van der Waals surface area (Å²) in [7, 11) is 1.92. The van der Waals surface area contributed by atoms with Gasteiger partial charge in [-0.2, -0.15) is 9.97 Å². The molecule has 8 nitrogen and oxygen atoms in total. The van der Waals surface area contributed by atoms with Crippen molar-refractivity contribution in [3.8, 4) is 41.2 Å². The summed E-state index contributed by atoms with van der Waals surface area (Å²) in [6, 6.07) is 5.38. The first kappa shape index (κ1) is 27.3. The molecule has 1 N–H and O–H groups in total. The van der Waals surface area contributed by atoms with Crippen LogP contribution in [-0.4, -0.2) is 75.6 Å². The van der Waals surface area contributed by atoms with Gasteiger partial charge in [-0.25, -0.2) is 18.2 Å². The van der Waals surface area contributed by atoms with Crippen LogP contribution in [0.1, 0.15) is 44.1 Å². The maximum Gasteiger partial charge on any atom is 0.319 e. The highest BCUT2D eigenvalue weighted by molar-refractivity contribution is 6.04. The van der Waals surface area contributed by atoms with Crippen molar-refractivity contribution in [2.24, 2.45) is 0 Å². The van der Waals surface area contributed by atoms with Crippen LogP contribution >= 0.6 is 0 Å². The van der Waals surface area contributed by atoms with Crippen molar-refractivity contribution in [2.45, 2.75) is 55.8 Å². The number of alkyl halides is 1. The molecule has 44 heavy (non-hydrogen) atoms. The maximum absolute atomic E-state index is 16.9. The van der Waals surface area contributed by atoms with Gasteiger partial charge in [0.1, 0.15) is 46.8 Å². The zero-order valence-corrected chi connectivity index (χ0v) is 24.2. The number of phenolic OH excluding ortho intramolecular Hbond substituents is 1. The summed E-state index contributed by atoms with van der Waals surface area (Å²) in [5, 5.41) is 11.5. The first-order valence-electron chi connectivity index (χ1n) is 14.9. The Bertz CT molecular complexity index is 1910. The minimum Gasteiger partial charge on any atom is -0.508 e. The van der Waals surface area contributed by atoms with Crippen LogP contribution in [0, 0.1) is 24.0 Å². The number of ether oxygens (including phenoxy) is 2. The molecule has 1 aliphatic carbocycles. The summed E-state index contributed by atoms with van der Waals surface area (Å²) in [6.07, 6.45) is 9.46. The quantitative estimate of drug-likeness (QED) is 0.307. The molecule has 5 heterocycles. The summed E-state index contributed by atoms with van der Waals surface area (Å²) < 4.78 is 58.5. The zero-order valence-electron chi connectivity index (χ0n) is 24.2. The van der Waals surface area contributed by atoms with Gasteiger partial charge in [0, 0.05) is 42.9 Å². The van der Waals surface area contributed by atoms with E-state index >= 15 is 4.39 Å². The second-order valence-electron chi connectivity index (χ2n) is 12.5. The Labute approximate surface area is 251 Å². The average Bonchev–Trinajstić information content (AvgIpc) is 3.60. The number of terminal acetylenes is 1. The van der Waals surface area contributed by atoms with Crippen LogP contribution in [0.2, 0.25) is 0 Å². The molecular formula is C33H30F3N5O3. The normalized spacial score (nSPS) is 23.8. The first-order valence-corrected chi connectivity index (χ1v) is 14.9. The van der Waals surface area contributed by atoms with E-state index < -0.39 is 23.3 Å². The standard InChI is InChI=1S/C33H30F3N5O3/c1-3-21-23(35)6-5-18-13-20(42)14-22(24(18)21)27-26(36)28-25-29(40(2)32(8-9-32)10-12-43-30(25)37-27)39-31(38-28)44-17-33-7-4-11-41(33)16-19(34)15-33/h1,5-6,13-14,19,42H,4,7-12,15-17H2,2H3/t19-,33+/m1/s1. The van der Waals surface area contributed by atoms with Gasteiger partial charge in [-0.05, 0) is 55.8 Å². The molecule has 2 atom stereocenters. The lowest BCUT2D eigenvalue weighted by molar-refractivity contribution is 0.107. The van der Waals surface area contributed by atoms with E-state index in [2.05, 4.69) is 20.8 Å². The summed E-state index contributed by atoms with van der Waals surface area (Å²) >= 11 is 0. The highest BCUT2D eigenvalue weighted by Gasteiger charge is 2.50. The minimum absolute atomic E-state index is 0.0302. The fourth-order valence-electron chi connectivity index (χ4n) is 7.55. The van der Waals surface area contributed by atoms with Gasteiger partial charge in [0.15, 0.2) is 5.82 Å². The smallest absolute Gasteiger partial charge is 0.319 e. The molecule has 0 amide bonds. The van der Waals surface area contributed by atoms with Crippen molar-refractivity contribution in [3.05, 3.63) is 41.5 Å². The Kier molecular flexibility index (Phi) is 5.95. The van der Waals surface area contributed by atoms with E-state index in [1.54, 1.807) is 0 Å². The van der Waals surface area contributed by atoms with Crippen LogP contribution in [0.4, 0.5) is 19.0 Å². The number of phenols is 1. The monoisotopic (exact) mass is 601 g/mol. The Balaban J connectivity index is 1.34. The lowest BCUT2D eigenvalue weighted by Gasteiger charge is -2.33. The Hall–Kier alpha value is -4.30. The van der Waals surface area contributed by atoms with Gasteiger partial charge in [-0.15, -0.1) is 6.42 Å². The highest BCUT2D eigenvalue weighted by atomic mass is 19.1. The lowest BCUT2D eigenvalue weighted by atomic mass is 9.95. The number of pyridine rings is 1. The van der Waals surface area contributed by atoms with Crippen LogP contribution in [0.3, 0.4) is 0 Å². The number of hydrogen-bond acceptors (Lipinski definition) is 8. The zero-order chi connectivity index (χ0) is 30.4. The third kappa shape index (κ3) is 4.00. The number of hydrogen-bond donors (Lipinski definition) is 1. The van der Waals surface area contributed by atoms with Crippen molar-refractivity contribution >= 4 is 27.5 Å². The van der Waals surface area contributed by atoms with Crippen molar-refractivity contribution in [1.29, 1.82) is 0 Å². The number of aromatic nitrogens is 3. The third-order valence-electron chi connectivity index (χ3n) is 10.1. The molecule has 8 rings (SSSR count). The Morgan fingerprint density at radius 1 is 1.14 bits per heavy atom. The van der Waals surface area contributed by atoms with Gasteiger partial charge in [0.2, 0.25) is 5.88 Å². The van der Waals surface area contributed by atoms with E-state index in [0.29, 0.717) is 42.6 Å². The molecule has 11 heteroatoms. The first-order chi connectivity index (χ1) is 21.2. The predicted octanol–water partition coefficient (Wildman–Crippen LogP) is 5.52. The van der Waals surface area contributed by atoms with Crippen LogP contribution < -0.4 is 14.4 Å². The average molecular weight is 602 g/mol. The molecule has 1 saturated carbocycles. The van der Waals surface area contributed by atoms with E-state index in [0.717, 1.165) is 32.2 Å². The molecule has 2 aromatic carbocycles. The van der Waals surface area contributed by atoms with Crippen molar-refractivity contribution in [2.75, 3.05) is 38.3 Å². The molecule has 3 aliphatic heterocycles. The molecule has 1 spiro atoms. The summed E-state index contributed by atoms with van der Waals surface area (Å²) in [4.78, 5) is 18.1. The second kappa shape index (κ2) is 9.60. The van der Waals surface area contributed by atoms with Crippen LogP contribution in [0.25, 0.3) is 32.9 Å². The van der Waals surface area contributed by atoms with Crippen molar-refractivity contribution in [1.82, 2.24) is 19.9 Å². The molecule has 0 radical (unpaired) electrons. The van der Waals surface area contributed by atoms with E-state index in [4.69, 9.17) is 20.9 Å². The molecular weight excluding hydrogens is 571 g/mol. The molecule has 0 bridgehead atoms. The van der Waals surface area contributed by atoms with Gasteiger partial charge in [-0.1, -0.05) is 12.0 Å². The van der Waals surface area contributed by atoms with Crippen molar-refractivity contribution < 1.29 is 27.8 Å². The number of anilines is 1. The number of fused-ring (bicyclic) bond motifs is 2. The number of nitrogens with zero attached hydrogens (tertiary/aromatic N) is 5. The number of benzene rings is 2. The van der Waals surface area contributed by atoms with E-state index in [1.165, 1.54) is 24.3 Å². The molecule has 0 unspecified atom stereocenters. The Morgan fingerprint density at radius 2 is 1.98 bits per heavy atom. The minimum atomic E-state index is -0.925. The number of aromatic hydroxyl groups is 1. The third-order valence-corrected chi connectivity index (χ3v) is 10.1. The maximum atomic E-state index is 16.9. The fourth-order valence-corrected chi connectivity index (χ4v) is 7.55. The molecule has 2 saturated heterocycles. The van der Waals surface area contributed by atoms with E-state index in [1.807, 2.05) is 11.9 Å². The highest BCUT2D eigenvalue weighted by Crippen LogP contribution is 2.50. The molecule has 226 valence electrons. The Morgan fingerprint density at radius 3 is 2.77 bits per heavy atom. The van der Waals surface area contributed by atoms with Gasteiger partial charge in [-0.3, -0.25) is 4.90 Å². The van der Waals surface area contributed by atoms with Crippen LogP contribution in [-0.2, 0) is 0 Å². The van der Waals surface area contributed by atoms with Gasteiger partial charge < -0.3 is 19.5 Å². The molecule has 4 aliphatic rings. The predicted molar refractivity (Wildman–Crippen MR) is 159 cm³/mol. The number of rotatable bonds is 4. The van der Waals surface area contributed by atoms with E-state index in [9.17, 15) is 13.9 Å². The topological polar surface area (TPSA) is 83.8 Å². The second-order valence-corrected chi connectivity index (χ2v) is 12.5. The summed E-state index contributed by atoms with van der Waals surface area (Å²) in [5.74, 6) is 1.28. The van der Waals surface area contributed by atoms with Crippen LogP contribution in [0.5, 0.6) is 17.6 Å². The van der Waals surface area contributed by atoms with E-state index in [-0.39, 0.29) is 57.5 Å². The van der Waals surface area contributed by atoms with Gasteiger partial charge >= 0.3 is 6.01 Å². The fraction of sp³-hybridized carbons (Fsp3) is 0.424. The largest absolute Gasteiger partial charge is 0.508 e.